The van der Waals surface area contributed by atoms with E-state index in [1.54, 1.807) is 26.2 Å². The van der Waals surface area contributed by atoms with Crippen molar-refractivity contribution in [2.45, 2.75) is 51.2 Å². The van der Waals surface area contributed by atoms with Crippen LogP contribution in [0.1, 0.15) is 44.7 Å². The van der Waals surface area contributed by atoms with Crippen LogP contribution in [0.15, 0.2) is 36.1 Å². The van der Waals surface area contributed by atoms with Gasteiger partial charge in [-0.05, 0) is 69.0 Å². The van der Waals surface area contributed by atoms with Gasteiger partial charge in [0.1, 0.15) is 11.4 Å². The molecule has 0 saturated heterocycles. The molecule has 6 heteroatoms. The van der Waals surface area contributed by atoms with Crippen LogP contribution in [0.3, 0.4) is 0 Å². The van der Waals surface area contributed by atoms with Gasteiger partial charge in [-0.3, -0.25) is 0 Å². The number of rotatable bonds is 3. The van der Waals surface area contributed by atoms with Crippen molar-refractivity contribution in [1.82, 2.24) is 4.90 Å². The highest BCUT2D eigenvalue weighted by atomic mass is 16.6. The van der Waals surface area contributed by atoms with Gasteiger partial charge in [0.2, 0.25) is 0 Å². The normalized spacial score (nSPS) is 21.2. The smallest absolute Gasteiger partial charge is 0.410 e. The molecular formula is C23H31NO5. The molecule has 0 fully saturated rings. The monoisotopic (exact) mass is 401 g/mol. The van der Waals surface area contributed by atoms with E-state index < -0.39 is 5.60 Å². The maximum atomic E-state index is 12.8. The maximum Gasteiger partial charge on any atom is 0.410 e. The summed E-state index contributed by atoms with van der Waals surface area (Å²) in [5, 5.41) is 0. The Hall–Kier alpha value is -2.63. The van der Waals surface area contributed by atoms with Gasteiger partial charge in [-0.2, -0.15) is 0 Å². The standard InChI is InChI=1S/C23H31NO5/c1-22(2,3)29-21(25)24-12-11-23(9-7-17(26-4)8-10-23)18-14-20(28-6)19(27-5)13-16(18)15-24/h7-9,13-14H,10-12,15H2,1-6H3/t23-/m0/s1. The molecule has 2 aliphatic rings. The van der Waals surface area contributed by atoms with Crippen LogP contribution in [0.2, 0.25) is 0 Å². The molecule has 0 saturated carbocycles. The zero-order chi connectivity index (χ0) is 21.2. The summed E-state index contributed by atoms with van der Waals surface area (Å²) in [5.74, 6) is 2.19. The third-order valence-electron chi connectivity index (χ3n) is 5.46. The van der Waals surface area contributed by atoms with E-state index in [1.165, 1.54) is 0 Å². The average molecular weight is 402 g/mol. The van der Waals surface area contributed by atoms with Gasteiger partial charge in [-0.15, -0.1) is 0 Å². The van der Waals surface area contributed by atoms with Crippen LogP contribution >= 0.6 is 0 Å². The molecule has 0 bridgehead atoms. The van der Waals surface area contributed by atoms with Gasteiger partial charge in [0, 0.05) is 18.5 Å². The molecule has 1 aliphatic heterocycles. The largest absolute Gasteiger partial charge is 0.497 e. The van der Waals surface area contributed by atoms with Gasteiger partial charge in [0.05, 0.1) is 21.3 Å². The summed E-state index contributed by atoms with van der Waals surface area (Å²) in [7, 11) is 4.93. The van der Waals surface area contributed by atoms with Crippen LogP contribution in [0, 0.1) is 0 Å². The van der Waals surface area contributed by atoms with Crippen LogP contribution in [-0.4, -0.2) is 44.5 Å². The van der Waals surface area contributed by atoms with Gasteiger partial charge >= 0.3 is 6.09 Å². The molecule has 1 spiro atoms. The predicted molar refractivity (Wildman–Crippen MR) is 111 cm³/mol. The zero-order valence-corrected chi connectivity index (χ0v) is 18.2. The molecule has 3 rings (SSSR count). The number of amides is 1. The predicted octanol–water partition coefficient (Wildman–Crippen LogP) is 4.57. The summed E-state index contributed by atoms with van der Waals surface area (Å²) < 4.78 is 22.1. The molecule has 1 heterocycles. The number of carbonyl (C=O) groups is 1. The van der Waals surface area contributed by atoms with Crippen LogP contribution < -0.4 is 9.47 Å². The van der Waals surface area contributed by atoms with E-state index >= 15 is 0 Å². The number of carbonyl (C=O) groups excluding carboxylic acids is 1. The fourth-order valence-corrected chi connectivity index (χ4v) is 3.95. The Bertz CT molecular complexity index is 836. The minimum Gasteiger partial charge on any atom is -0.497 e. The molecule has 0 aromatic heterocycles. The Morgan fingerprint density at radius 1 is 1.07 bits per heavy atom. The fraction of sp³-hybridized carbons (Fsp3) is 0.522. The van der Waals surface area contributed by atoms with Crippen molar-refractivity contribution in [1.29, 1.82) is 0 Å². The van der Waals surface area contributed by atoms with Gasteiger partial charge in [-0.1, -0.05) is 6.08 Å². The zero-order valence-electron chi connectivity index (χ0n) is 18.2. The number of benzene rings is 1. The lowest BCUT2D eigenvalue weighted by atomic mass is 9.71. The first-order chi connectivity index (χ1) is 13.7. The Morgan fingerprint density at radius 2 is 1.76 bits per heavy atom. The van der Waals surface area contributed by atoms with Gasteiger partial charge in [-0.25, -0.2) is 4.79 Å². The van der Waals surface area contributed by atoms with E-state index in [-0.39, 0.29) is 11.5 Å². The van der Waals surface area contributed by atoms with Crippen molar-refractivity contribution in [2.75, 3.05) is 27.9 Å². The van der Waals surface area contributed by atoms with Gasteiger partial charge in [0.15, 0.2) is 11.5 Å². The van der Waals surface area contributed by atoms with Crippen LogP contribution in [0.4, 0.5) is 4.79 Å². The summed E-state index contributed by atoms with van der Waals surface area (Å²) in [4.78, 5) is 14.6. The maximum absolute atomic E-state index is 12.8. The first kappa shape index (κ1) is 21.1. The van der Waals surface area contributed by atoms with E-state index in [0.717, 1.165) is 29.7 Å². The summed E-state index contributed by atoms with van der Waals surface area (Å²) in [6.45, 7) is 6.70. The van der Waals surface area contributed by atoms with Crippen molar-refractivity contribution < 1.29 is 23.7 Å². The van der Waals surface area contributed by atoms with Crippen LogP contribution in [0.5, 0.6) is 11.5 Å². The fourth-order valence-electron chi connectivity index (χ4n) is 3.95. The number of fused-ring (bicyclic) bond motifs is 2. The third kappa shape index (κ3) is 4.36. The number of ether oxygens (including phenoxy) is 4. The molecule has 1 atom stereocenters. The molecule has 1 aliphatic carbocycles. The van der Waals surface area contributed by atoms with Crippen molar-refractivity contribution >= 4 is 6.09 Å². The number of hydrogen-bond acceptors (Lipinski definition) is 5. The van der Waals surface area contributed by atoms with Gasteiger partial charge < -0.3 is 23.8 Å². The molecule has 1 amide bonds. The van der Waals surface area contributed by atoms with E-state index in [4.69, 9.17) is 18.9 Å². The summed E-state index contributed by atoms with van der Waals surface area (Å²) in [5.41, 5.74) is 1.39. The molecule has 6 nitrogen and oxygen atoms in total. The highest BCUT2D eigenvalue weighted by Gasteiger charge is 2.38. The number of methoxy groups -OCH3 is 3. The van der Waals surface area contributed by atoms with Crippen molar-refractivity contribution in [3.05, 3.63) is 47.2 Å². The lowest BCUT2D eigenvalue weighted by Gasteiger charge is -2.33. The Kier molecular flexibility index (Phi) is 5.82. The second-order valence-corrected chi connectivity index (χ2v) is 8.52. The highest BCUT2D eigenvalue weighted by molar-refractivity contribution is 5.69. The first-order valence-electron chi connectivity index (χ1n) is 9.88. The molecule has 0 radical (unpaired) electrons. The molecule has 1 aromatic carbocycles. The second kappa shape index (κ2) is 8.01. The van der Waals surface area contributed by atoms with Crippen LogP contribution in [-0.2, 0) is 21.4 Å². The second-order valence-electron chi connectivity index (χ2n) is 8.52. The lowest BCUT2D eigenvalue weighted by molar-refractivity contribution is 0.0231. The minimum atomic E-state index is -0.539. The molecule has 1 aromatic rings. The summed E-state index contributed by atoms with van der Waals surface area (Å²) in [6.07, 6.45) is 7.56. The molecule has 158 valence electrons. The Balaban J connectivity index is 2.05. The van der Waals surface area contributed by atoms with Gasteiger partial charge in [0.25, 0.3) is 0 Å². The topological polar surface area (TPSA) is 57.2 Å². The average Bonchev–Trinajstić information content (AvgIpc) is 2.83. The third-order valence-corrected chi connectivity index (χ3v) is 5.46. The molecule has 0 unspecified atom stereocenters. The highest BCUT2D eigenvalue weighted by Crippen LogP contribution is 2.45. The van der Waals surface area contributed by atoms with E-state index in [2.05, 4.69) is 12.2 Å². The van der Waals surface area contributed by atoms with Crippen molar-refractivity contribution in [3.63, 3.8) is 0 Å². The summed E-state index contributed by atoms with van der Waals surface area (Å²) in [6, 6.07) is 4.02. The lowest BCUT2D eigenvalue weighted by Crippen LogP contribution is -2.37. The Labute approximate surface area is 173 Å². The van der Waals surface area contributed by atoms with Crippen molar-refractivity contribution in [2.24, 2.45) is 0 Å². The SMILES string of the molecule is COC1=CC[C@@]2(C=C1)CCN(C(=O)OC(C)(C)C)Cc1cc(OC)c(OC)cc12. The molecule has 0 N–H and O–H groups in total. The van der Waals surface area contributed by atoms with Crippen molar-refractivity contribution in [3.8, 4) is 11.5 Å². The molecule has 29 heavy (non-hydrogen) atoms. The number of allylic oxidation sites excluding steroid dienone is 3. The minimum absolute atomic E-state index is 0.242. The Morgan fingerprint density at radius 3 is 2.31 bits per heavy atom. The number of hydrogen-bond donors (Lipinski definition) is 0. The number of nitrogens with zero attached hydrogens (tertiary/aromatic N) is 1. The quantitative estimate of drug-likeness (QED) is 0.742. The van der Waals surface area contributed by atoms with E-state index in [0.29, 0.717) is 24.6 Å². The molecular weight excluding hydrogens is 370 g/mol. The van der Waals surface area contributed by atoms with E-state index in [9.17, 15) is 4.79 Å². The summed E-state index contributed by atoms with van der Waals surface area (Å²) >= 11 is 0. The van der Waals surface area contributed by atoms with Crippen LogP contribution in [0.25, 0.3) is 0 Å². The van der Waals surface area contributed by atoms with E-state index in [1.807, 2.05) is 39.0 Å². The first-order valence-corrected chi connectivity index (χ1v) is 9.88.